The van der Waals surface area contributed by atoms with Crippen molar-refractivity contribution in [3.8, 4) is 5.75 Å². The molecule has 0 amide bonds. The van der Waals surface area contributed by atoms with Crippen molar-refractivity contribution in [2.24, 2.45) is 0 Å². The van der Waals surface area contributed by atoms with Crippen LogP contribution in [0.25, 0.3) is 0 Å². The fraction of sp³-hybridized carbons (Fsp3) is 0.176. The smallest absolute Gasteiger partial charge is 0.339 e. The fourth-order valence-corrected chi connectivity index (χ4v) is 4.00. The van der Waals surface area contributed by atoms with E-state index >= 15 is 0 Å². The minimum Gasteiger partial charge on any atom is -0.507 e. The zero-order valence-corrected chi connectivity index (χ0v) is 15.0. The van der Waals surface area contributed by atoms with Gasteiger partial charge in [0.15, 0.2) is 0 Å². The number of hydrogen-bond donors (Lipinski definition) is 4. The third-order valence-corrected chi connectivity index (χ3v) is 5.25. The molecule has 8 nitrogen and oxygen atoms in total. The highest BCUT2D eigenvalue weighted by atomic mass is 32.2. The Morgan fingerprint density at radius 1 is 0.885 bits per heavy atom. The number of carbonyl (C=O) groups is 2. The van der Waals surface area contributed by atoms with Gasteiger partial charge in [0.1, 0.15) is 11.3 Å². The number of anilines is 1. The second kappa shape index (κ2) is 6.68. The van der Waals surface area contributed by atoms with E-state index in [4.69, 9.17) is 5.11 Å². The van der Waals surface area contributed by atoms with Crippen molar-refractivity contribution in [2.75, 3.05) is 4.72 Å². The summed E-state index contributed by atoms with van der Waals surface area (Å²) in [6.07, 6.45) is 0. The first-order valence-corrected chi connectivity index (χ1v) is 8.86. The Hall–Kier alpha value is -3.07. The van der Waals surface area contributed by atoms with E-state index in [0.717, 1.165) is 12.1 Å². The maximum atomic E-state index is 12.7. The van der Waals surface area contributed by atoms with Crippen molar-refractivity contribution in [2.45, 2.75) is 25.7 Å². The van der Waals surface area contributed by atoms with E-state index in [1.165, 1.54) is 13.0 Å². The lowest BCUT2D eigenvalue weighted by atomic mass is 10.0. The molecular formula is C17H17NO7S. The predicted octanol–water partition coefficient (Wildman–Crippen LogP) is 2.51. The molecule has 0 heterocycles. The van der Waals surface area contributed by atoms with Crippen LogP contribution < -0.4 is 4.72 Å². The molecule has 9 heteroatoms. The third kappa shape index (κ3) is 3.62. The summed E-state index contributed by atoms with van der Waals surface area (Å²) in [5.41, 5.74) is 0.266. The molecule has 0 spiro atoms. The molecule has 0 fully saturated rings. The maximum absolute atomic E-state index is 12.7. The summed E-state index contributed by atoms with van der Waals surface area (Å²) in [4.78, 5) is 22.2. The predicted molar refractivity (Wildman–Crippen MR) is 93.5 cm³/mol. The van der Waals surface area contributed by atoms with Crippen LogP contribution in [0.3, 0.4) is 0 Å². The summed E-state index contributed by atoms with van der Waals surface area (Å²) in [6.45, 7) is 4.63. The van der Waals surface area contributed by atoms with Gasteiger partial charge in [-0.2, -0.15) is 0 Å². The summed E-state index contributed by atoms with van der Waals surface area (Å²) < 4.78 is 27.7. The van der Waals surface area contributed by atoms with E-state index in [9.17, 15) is 28.2 Å². The topological polar surface area (TPSA) is 141 Å². The standard InChI is InChI=1S/C17H17NO7S/c1-8-4-10(3)15(12(5-8)17(22)23)18-26(24,25)14-7-11(16(20)21)13(19)6-9(14)2/h4-7,18-19H,1-3H3,(H,20,21)(H,22,23). The van der Waals surface area contributed by atoms with E-state index < -0.39 is 33.3 Å². The molecule has 0 radical (unpaired) electrons. The van der Waals surface area contributed by atoms with Crippen LogP contribution in [-0.4, -0.2) is 35.7 Å². The fourth-order valence-electron chi connectivity index (χ4n) is 2.59. The van der Waals surface area contributed by atoms with E-state index in [0.29, 0.717) is 11.1 Å². The Morgan fingerprint density at radius 2 is 1.46 bits per heavy atom. The first-order valence-electron chi connectivity index (χ1n) is 7.38. The van der Waals surface area contributed by atoms with Crippen molar-refractivity contribution in [1.82, 2.24) is 0 Å². The average molecular weight is 379 g/mol. The molecule has 0 bridgehead atoms. The number of aryl methyl sites for hydroxylation is 3. The number of carboxylic acids is 2. The number of aromatic carboxylic acids is 2. The Labute approximate surface area is 149 Å². The Morgan fingerprint density at radius 3 is 2.00 bits per heavy atom. The molecule has 0 aliphatic rings. The van der Waals surface area contributed by atoms with Gasteiger partial charge in [-0.1, -0.05) is 6.07 Å². The number of benzene rings is 2. The lowest BCUT2D eigenvalue weighted by molar-refractivity contribution is 0.0684. The summed E-state index contributed by atoms with van der Waals surface area (Å²) in [6, 6.07) is 4.81. The zero-order chi connectivity index (χ0) is 19.8. The van der Waals surface area contributed by atoms with Gasteiger partial charge in [-0.3, -0.25) is 4.72 Å². The highest BCUT2D eigenvalue weighted by Gasteiger charge is 2.25. The summed E-state index contributed by atoms with van der Waals surface area (Å²) >= 11 is 0. The van der Waals surface area contributed by atoms with Crippen molar-refractivity contribution >= 4 is 27.6 Å². The van der Waals surface area contributed by atoms with Crippen molar-refractivity contribution < 1.29 is 33.3 Å². The second-order valence-electron chi connectivity index (χ2n) is 5.86. The van der Waals surface area contributed by atoms with Crippen LogP contribution >= 0.6 is 0 Å². The van der Waals surface area contributed by atoms with E-state index in [1.54, 1.807) is 19.9 Å². The number of hydrogen-bond acceptors (Lipinski definition) is 5. The number of phenols is 1. The number of sulfonamides is 1. The van der Waals surface area contributed by atoms with Gasteiger partial charge in [-0.15, -0.1) is 0 Å². The highest BCUT2D eigenvalue weighted by molar-refractivity contribution is 7.92. The normalized spacial score (nSPS) is 11.2. The van der Waals surface area contributed by atoms with Crippen molar-refractivity contribution in [3.05, 3.63) is 52.1 Å². The molecule has 0 aliphatic carbocycles. The number of aromatic hydroxyl groups is 1. The molecular weight excluding hydrogens is 362 g/mol. The van der Waals surface area contributed by atoms with Crippen LogP contribution in [0.4, 0.5) is 5.69 Å². The van der Waals surface area contributed by atoms with Crippen LogP contribution in [-0.2, 0) is 10.0 Å². The molecule has 0 saturated heterocycles. The van der Waals surface area contributed by atoms with Gasteiger partial charge in [0.05, 0.1) is 16.1 Å². The SMILES string of the molecule is Cc1cc(C)c(NS(=O)(=O)c2cc(C(=O)O)c(O)cc2C)c(C(=O)O)c1. The van der Waals surface area contributed by atoms with Crippen LogP contribution in [0.2, 0.25) is 0 Å². The minimum absolute atomic E-state index is 0.104. The molecule has 138 valence electrons. The van der Waals surface area contributed by atoms with Crippen molar-refractivity contribution in [1.29, 1.82) is 0 Å². The molecule has 0 atom stereocenters. The third-order valence-electron chi connectivity index (χ3n) is 3.76. The van der Waals surface area contributed by atoms with Crippen molar-refractivity contribution in [3.63, 3.8) is 0 Å². The van der Waals surface area contributed by atoms with Gasteiger partial charge < -0.3 is 15.3 Å². The molecule has 26 heavy (non-hydrogen) atoms. The summed E-state index contributed by atoms with van der Waals surface area (Å²) in [5, 5.41) is 28.1. The largest absolute Gasteiger partial charge is 0.507 e. The first-order chi connectivity index (χ1) is 11.9. The quantitative estimate of drug-likeness (QED) is 0.625. The Kier molecular flexibility index (Phi) is 4.95. The first kappa shape index (κ1) is 19.3. The van der Waals surface area contributed by atoms with Gasteiger partial charge in [-0.05, 0) is 55.7 Å². The summed E-state index contributed by atoms with van der Waals surface area (Å²) in [7, 11) is -4.30. The van der Waals surface area contributed by atoms with Gasteiger partial charge in [-0.25, -0.2) is 18.0 Å². The Bertz CT molecular complexity index is 1030. The Balaban J connectivity index is 2.63. The van der Waals surface area contributed by atoms with Gasteiger partial charge >= 0.3 is 11.9 Å². The second-order valence-corrected chi connectivity index (χ2v) is 7.51. The minimum atomic E-state index is -4.30. The molecule has 2 rings (SSSR count). The average Bonchev–Trinajstić information content (AvgIpc) is 2.48. The lowest BCUT2D eigenvalue weighted by Crippen LogP contribution is -2.18. The molecule has 0 aromatic heterocycles. The van der Waals surface area contributed by atoms with Crippen LogP contribution in [0.1, 0.15) is 37.4 Å². The molecule has 4 N–H and O–H groups in total. The maximum Gasteiger partial charge on any atom is 0.339 e. The van der Waals surface area contributed by atoms with Crippen LogP contribution in [0, 0.1) is 20.8 Å². The monoisotopic (exact) mass is 379 g/mol. The van der Waals surface area contributed by atoms with Crippen LogP contribution in [0.15, 0.2) is 29.2 Å². The van der Waals surface area contributed by atoms with Gasteiger partial charge in [0, 0.05) is 0 Å². The molecule has 2 aromatic carbocycles. The molecule has 2 aromatic rings. The van der Waals surface area contributed by atoms with Gasteiger partial charge in [0.25, 0.3) is 10.0 Å². The van der Waals surface area contributed by atoms with E-state index in [1.807, 2.05) is 0 Å². The number of nitrogens with one attached hydrogen (secondary N) is 1. The van der Waals surface area contributed by atoms with Crippen LogP contribution in [0.5, 0.6) is 5.75 Å². The number of carboxylic acid groups (broad SMARTS) is 2. The molecule has 0 unspecified atom stereocenters. The van der Waals surface area contributed by atoms with E-state index in [2.05, 4.69) is 4.72 Å². The molecule has 0 saturated carbocycles. The zero-order valence-electron chi connectivity index (χ0n) is 14.2. The van der Waals surface area contributed by atoms with Gasteiger partial charge in [0.2, 0.25) is 0 Å². The number of rotatable bonds is 5. The lowest BCUT2D eigenvalue weighted by Gasteiger charge is -2.16. The van der Waals surface area contributed by atoms with E-state index in [-0.39, 0.29) is 21.7 Å². The molecule has 0 aliphatic heterocycles. The highest BCUT2D eigenvalue weighted by Crippen LogP contribution is 2.30. The summed E-state index contributed by atoms with van der Waals surface area (Å²) in [5.74, 6) is -3.36.